The van der Waals surface area contributed by atoms with Crippen LogP contribution in [0.1, 0.15) is 36.5 Å². The van der Waals surface area contributed by atoms with Gasteiger partial charge in [-0.3, -0.25) is 14.9 Å². The number of nitrogens with one attached hydrogen (secondary N) is 1. The van der Waals surface area contributed by atoms with Gasteiger partial charge in [0.15, 0.2) is 0 Å². The van der Waals surface area contributed by atoms with Gasteiger partial charge in [0.2, 0.25) is 0 Å². The van der Waals surface area contributed by atoms with Crippen LogP contribution in [-0.4, -0.2) is 16.9 Å². The van der Waals surface area contributed by atoms with Crippen molar-refractivity contribution < 1.29 is 9.72 Å². The predicted octanol–water partition coefficient (Wildman–Crippen LogP) is 3.28. The fourth-order valence-corrected chi connectivity index (χ4v) is 2.90. The molecule has 19 heavy (non-hydrogen) atoms. The number of hydrogen-bond acceptors (Lipinski definition) is 3. The molecule has 0 radical (unpaired) electrons. The molecular formula is C13H15BrN2O3. The summed E-state index contributed by atoms with van der Waals surface area (Å²) in [5, 5.41) is 13.7. The molecule has 102 valence electrons. The van der Waals surface area contributed by atoms with Crippen LogP contribution < -0.4 is 5.32 Å². The Morgan fingerprint density at radius 3 is 2.74 bits per heavy atom. The molecule has 1 aromatic rings. The molecule has 2 unspecified atom stereocenters. The molecule has 6 heteroatoms. The lowest BCUT2D eigenvalue weighted by Gasteiger charge is -2.12. The standard InChI is InChI=1S/C13H15BrN2O3/c1-8-2-3-11(4-8)15-13(17)9-5-10(14)7-12(6-9)16(18)19/h5-8,11H,2-4H2,1H3,(H,15,17). The number of non-ortho nitro benzene ring substituents is 1. The highest BCUT2D eigenvalue weighted by Crippen LogP contribution is 2.26. The zero-order valence-electron chi connectivity index (χ0n) is 10.6. The van der Waals surface area contributed by atoms with E-state index in [0.717, 1.165) is 19.3 Å². The number of nitrogens with zero attached hydrogens (tertiary/aromatic N) is 1. The molecule has 0 aromatic heterocycles. The van der Waals surface area contributed by atoms with Gasteiger partial charge >= 0.3 is 0 Å². The third-order valence-electron chi connectivity index (χ3n) is 3.39. The summed E-state index contributed by atoms with van der Waals surface area (Å²) in [6.07, 6.45) is 3.06. The number of carbonyl (C=O) groups is 1. The van der Waals surface area contributed by atoms with Crippen LogP contribution in [0.2, 0.25) is 0 Å². The Bertz CT molecular complexity index is 519. The molecule has 1 N–H and O–H groups in total. The van der Waals surface area contributed by atoms with Crippen molar-refractivity contribution in [3.05, 3.63) is 38.3 Å². The van der Waals surface area contributed by atoms with E-state index in [9.17, 15) is 14.9 Å². The number of halogens is 1. The van der Waals surface area contributed by atoms with Crippen molar-refractivity contribution in [2.75, 3.05) is 0 Å². The fourth-order valence-electron chi connectivity index (χ4n) is 2.42. The monoisotopic (exact) mass is 326 g/mol. The first kappa shape index (κ1) is 14.0. The maximum atomic E-state index is 12.1. The van der Waals surface area contributed by atoms with Crippen molar-refractivity contribution in [1.82, 2.24) is 5.32 Å². The Hall–Kier alpha value is -1.43. The van der Waals surface area contributed by atoms with Gasteiger partial charge in [-0.25, -0.2) is 0 Å². The molecule has 1 amide bonds. The summed E-state index contributed by atoms with van der Waals surface area (Å²) in [6, 6.07) is 4.47. The van der Waals surface area contributed by atoms with Crippen molar-refractivity contribution in [2.45, 2.75) is 32.2 Å². The first-order valence-corrected chi connectivity index (χ1v) is 7.01. The number of nitro groups is 1. The first-order valence-electron chi connectivity index (χ1n) is 6.21. The van der Waals surface area contributed by atoms with Crippen LogP contribution in [0.3, 0.4) is 0 Å². The van der Waals surface area contributed by atoms with Crippen LogP contribution in [0.4, 0.5) is 5.69 Å². The molecule has 1 saturated carbocycles. The molecule has 1 fully saturated rings. The summed E-state index contributed by atoms with van der Waals surface area (Å²) >= 11 is 3.19. The number of nitro benzene ring substituents is 1. The molecular weight excluding hydrogens is 312 g/mol. The summed E-state index contributed by atoms with van der Waals surface area (Å²) in [5.74, 6) is 0.380. The van der Waals surface area contributed by atoms with Gasteiger partial charge in [-0.2, -0.15) is 0 Å². The number of rotatable bonds is 3. The third kappa shape index (κ3) is 3.53. The van der Waals surface area contributed by atoms with E-state index in [-0.39, 0.29) is 17.6 Å². The maximum absolute atomic E-state index is 12.1. The van der Waals surface area contributed by atoms with Gasteiger partial charge in [0.05, 0.1) is 4.92 Å². The summed E-state index contributed by atoms with van der Waals surface area (Å²) < 4.78 is 0.534. The largest absolute Gasteiger partial charge is 0.349 e. The third-order valence-corrected chi connectivity index (χ3v) is 3.84. The Morgan fingerprint density at radius 2 is 2.16 bits per heavy atom. The number of hydrogen-bond donors (Lipinski definition) is 1. The lowest BCUT2D eigenvalue weighted by atomic mass is 10.1. The molecule has 2 rings (SSSR count). The molecule has 1 aliphatic rings. The Labute approximate surface area is 119 Å². The molecule has 0 spiro atoms. The zero-order valence-corrected chi connectivity index (χ0v) is 12.1. The maximum Gasteiger partial charge on any atom is 0.271 e. The predicted molar refractivity (Wildman–Crippen MR) is 75.1 cm³/mol. The number of amides is 1. The average molecular weight is 327 g/mol. The topological polar surface area (TPSA) is 72.2 Å². The normalized spacial score (nSPS) is 22.2. The van der Waals surface area contributed by atoms with Crippen LogP contribution in [-0.2, 0) is 0 Å². The highest BCUT2D eigenvalue weighted by atomic mass is 79.9. The highest BCUT2D eigenvalue weighted by Gasteiger charge is 2.23. The van der Waals surface area contributed by atoms with Crippen LogP contribution in [0.25, 0.3) is 0 Å². The molecule has 0 heterocycles. The average Bonchev–Trinajstić information content (AvgIpc) is 2.73. The van der Waals surface area contributed by atoms with E-state index >= 15 is 0 Å². The van der Waals surface area contributed by atoms with E-state index in [0.29, 0.717) is 16.0 Å². The molecule has 0 saturated heterocycles. The number of carbonyl (C=O) groups excluding carboxylic acids is 1. The SMILES string of the molecule is CC1CCC(NC(=O)c2cc(Br)cc([N+](=O)[O-])c2)C1. The minimum Gasteiger partial charge on any atom is -0.349 e. The molecule has 2 atom stereocenters. The Kier molecular flexibility index (Phi) is 4.19. The van der Waals surface area contributed by atoms with Gasteiger partial charge in [0, 0.05) is 28.2 Å². The van der Waals surface area contributed by atoms with Gasteiger partial charge in [-0.05, 0) is 31.2 Å². The Morgan fingerprint density at radius 1 is 1.42 bits per heavy atom. The minimum absolute atomic E-state index is 0.0840. The van der Waals surface area contributed by atoms with E-state index in [1.54, 1.807) is 6.07 Å². The van der Waals surface area contributed by atoms with Crippen LogP contribution >= 0.6 is 15.9 Å². The van der Waals surface area contributed by atoms with Gasteiger partial charge in [0.1, 0.15) is 0 Å². The van der Waals surface area contributed by atoms with Gasteiger partial charge in [0.25, 0.3) is 11.6 Å². The second-order valence-electron chi connectivity index (χ2n) is 5.04. The quantitative estimate of drug-likeness (QED) is 0.684. The highest BCUT2D eigenvalue weighted by molar-refractivity contribution is 9.10. The van der Waals surface area contributed by atoms with Crippen molar-refractivity contribution >= 4 is 27.5 Å². The smallest absolute Gasteiger partial charge is 0.271 e. The minimum atomic E-state index is -0.501. The van der Waals surface area contributed by atoms with Gasteiger partial charge in [-0.15, -0.1) is 0 Å². The van der Waals surface area contributed by atoms with E-state index < -0.39 is 4.92 Å². The first-order chi connectivity index (χ1) is 8.95. The number of benzene rings is 1. The van der Waals surface area contributed by atoms with Crippen molar-refractivity contribution in [3.8, 4) is 0 Å². The molecule has 0 bridgehead atoms. The van der Waals surface area contributed by atoms with E-state index in [4.69, 9.17) is 0 Å². The van der Waals surface area contributed by atoms with Crippen molar-refractivity contribution in [3.63, 3.8) is 0 Å². The lowest BCUT2D eigenvalue weighted by Crippen LogP contribution is -2.32. The summed E-state index contributed by atoms with van der Waals surface area (Å²) in [6.45, 7) is 2.16. The lowest BCUT2D eigenvalue weighted by molar-refractivity contribution is -0.385. The van der Waals surface area contributed by atoms with Crippen LogP contribution in [0, 0.1) is 16.0 Å². The van der Waals surface area contributed by atoms with E-state index in [2.05, 4.69) is 28.2 Å². The Balaban J connectivity index is 2.12. The second-order valence-corrected chi connectivity index (χ2v) is 5.96. The fraction of sp³-hybridized carbons (Fsp3) is 0.462. The van der Waals surface area contributed by atoms with E-state index in [1.165, 1.54) is 12.1 Å². The zero-order chi connectivity index (χ0) is 14.0. The molecule has 0 aliphatic heterocycles. The summed E-state index contributed by atoms with van der Waals surface area (Å²) in [5.41, 5.74) is 0.236. The molecule has 1 aliphatic carbocycles. The summed E-state index contributed by atoms with van der Waals surface area (Å²) in [4.78, 5) is 22.3. The van der Waals surface area contributed by atoms with Crippen molar-refractivity contribution in [2.24, 2.45) is 5.92 Å². The molecule has 5 nitrogen and oxygen atoms in total. The van der Waals surface area contributed by atoms with E-state index in [1.807, 2.05) is 0 Å². The van der Waals surface area contributed by atoms with Gasteiger partial charge in [-0.1, -0.05) is 22.9 Å². The van der Waals surface area contributed by atoms with Crippen molar-refractivity contribution in [1.29, 1.82) is 0 Å². The van der Waals surface area contributed by atoms with Gasteiger partial charge < -0.3 is 5.32 Å². The molecule has 1 aromatic carbocycles. The van der Waals surface area contributed by atoms with Crippen LogP contribution in [0.5, 0.6) is 0 Å². The van der Waals surface area contributed by atoms with Crippen LogP contribution in [0.15, 0.2) is 22.7 Å². The summed E-state index contributed by atoms with van der Waals surface area (Å²) in [7, 11) is 0. The second kappa shape index (κ2) is 5.69.